The minimum Gasteiger partial charge on any atom is -0.377 e. The van der Waals surface area contributed by atoms with Crippen molar-refractivity contribution in [2.75, 3.05) is 13.7 Å². The zero-order chi connectivity index (χ0) is 11.8. The second kappa shape index (κ2) is 4.13. The Balaban J connectivity index is 2.32. The highest BCUT2D eigenvalue weighted by atomic mass is 16.5. The molecule has 2 aromatic carbocycles. The van der Waals surface area contributed by atoms with Crippen LogP contribution in [-0.4, -0.2) is 13.7 Å². The third kappa shape index (κ3) is 1.56. The summed E-state index contributed by atoms with van der Waals surface area (Å²) in [5, 5.41) is 2.64. The molecule has 2 aromatic rings. The predicted molar refractivity (Wildman–Crippen MR) is 70.1 cm³/mol. The molecule has 0 aromatic heterocycles. The molecule has 0 heterocycles. The number of methoxy groups -OCH3 is 1. The summed E-state index contributed by atoms with van der Waals surface area (Å²) in [5.41, 5.74) is 8.59. The summed E-state index contributed by atoms with van der Waals surface area (Å²) >= 11 is 0. The first kappa shape index (κ1) is 10.8. The van der Waals surface area contributed by atoms with Gasteiger partial charge in [-0.05, 0) is 40.8 Å². The summed E-state index contributed by atoms with van der Waals surface area (Å²) in [6.45, 7) is 0.688. The highest BCUT2D eigenvalue weighted by molar-refractivity contribution is 5.90. The Morgan fingerprint density at radius 2 is 1.88 bits per heavy atom. The van der Waals surface area contributed by atoms with E-state index in [0.717, 1.165) is 6.42 Å². The Morgan fingerprint density at radius 3 is 2.53 bits per heavy atom. The fraction of sp³-hybridized carbons (Fsp3) is 0.333. The summed E-state index contributed by atoms with van der Waals surface area (Å²) in [6.07, 6.45) is 1.17. The van der Waals surface area contributed by atoms with Crippen LogP contribution in [0.15, 0.2) is 36.4 Å². The summed E-state index contributed by atoms with van der Waals surface area (Å²) in [7, 11) is 1.78. The van der Waals surface area contributed by atoms with Crippen molar-refractivity contribution in [1.29, 1.82) is 0 Å². The van der Waals surface area contributed by atoms with Crippen molar-refractivity contribution >= 4 is 10.8 Å². The number of nitrogens with two attached hydrogens (primary N) is 1. The quantitative estimate of drug-likeness (QED) is 0.856. The molecule has 0 spiro atoms. The molecule has 3 rings (SSSR count). The molecule has 2 atom stereocenters. The van der Waals surface area contributed by atoms with Gasteiger partial charge in [0, 0.05) is 7.11 Å². The van der Waals surface area contributed by atoms with E-state index in [4.69, 9.17) is 10.5 Å². The lowest BCUT2D eigenvalue weighted by atomic mass is 9.80. The lowest BCUT2D eigenvalue weighted by Crippen LogP contribution is -2.21. The van der Waals surface area contributed by atoms with Crippen LogP contribution in [0.3, 0.4) is 0 Å². The standard InChI is InChI=1S/C15H17NO/c1-17-14-8-11(9-16)12-6-2-4-10-5-3-7-13(14)15(10)12/h2-7,11,14H,8-9,16H2,1H3. The minimum atomic E-state index is 0.183. The Labute approximate surface area is 101 Å². The fourth-order valence-corrected chi connectivity index (χ4v) is 2.97. The average molecular weight is 227 g/mol. The SMILES string of the molecule is COC1CC(CN)c2cccc3cccc1c23. The molecule has 88 valence electrons. The van der Waals surface area contributed by atoms with E-state index >= 15 is 0 Å². The van der Waals surface area contributed by atoms with Gasteiger partial charge in [0.1, 0.15) is 0 Å². The van der Waals surface area contributed by atoms with Gasteiger partial charge in [0.2, 0.25) is 0 Å². The minimum absolute atomic E-state index is 0.183. The maximum atomic E-state index is 5.90. The second-order valence-electron chi connectivity index (χ2n) is 4.69. The van der Waals surface area contributed by atoms with Crippen molar-refractivity contribution in [3.63, 3.8) is 0 Å². The molecule has 1 aliphatic rings. The number of hydrogen-bond acceptors (Lipinski definition) is 2. The predicted octanol–water partition coefficient (Wildman–Crippen LogP) is 2.97. The molecule has 0 fully saturated rings. The molecule has 2 N–H and O–H groups in total. The van der Waals surface area contributed by atoms with Gasteiger partial charge in [-0.2, -0.15) is 0 Å². The first-order valence-electron chi connectivity index (χ1n) is 6.09. The van der Waals surface area contributed by atoms with E-state index < -0.39 is 0 Å². The largest absolute Gasteiger partial charge is 0.377 e. The van der Waals surface area contributed by atoms with Gasteiger partial charge in [0.15, 0.2) is 0 Å². The Hall–Kier alpha value is -1.38. The van der Waals surface area contributed by atoms with Gasteiger partial charge < -0.3 is 10.5 Å². The summed E-state index contributed by atoms with van der Waals surface area (Å²) < 4.78 is 5.61. The average Bonchev–Trinajstić information content (AvgIpc) is 2.40. The van der Waals surface area contributed by atoms with Crippen LogP contribution in [0, 0.1) is 0 Å². The van der Waals surface area contributed by atoms with Crippen molar-refractivity contribution in [3.05, 3.63) is 47.5 Å². The van der Waals surface area contributed by atoms with Crippen molar-refractivity contribution in [2.24, 2.45) is 5.73 Å². The molecule has 0 saturated carbocycles. The van der Waals surface area contributed by atoms with E-state index in [1.165, 1.54) is 21.9 Å². The van der Waals surface area contributed by atoms with Crippen molar-refractivity contribution < 1.29 is 4.74 Å². The van der Waals surface area contributed by atoms with Crippen LogP contribution >= 0.6 is 0 Å². The Bertz CT molecular complexity index is 505. The monoisotopic (exact) mass is 227 g/mol. The molecule has 0 bridgehead atoms. The lowest BCUT2D eigenvalue weighted by Gasteiger charge is -2.30. The van der Waals surface area contributed by atoms with Crippen LogP contribution in [0.5, 0.6) is 0 Å². The maximum absolute atomic E-state index is 5.90. The molecular formula is C15H17NO. The zero-order valence-corrected chi connectivity index (χ0v) is 10.0. The smallest absolute Gasteiger partial charge is 0.0833 e. The van der Waals surface area contributed by atoms with E-state index in [-0.39, 0.29) is 6.10 Å². The first-order valence-corrected chi connectivity index (χ1v) is 6.09. The number of benzene rings is 2. The van der Waals surface area contributed by atoms with Crippen molar-refractivity contribution in [2.45, 2.75) is 18.4 Å². The van der Waals surface area contributed by atoms with Crippen LogP contribution in [0.25, 0.3) is 10.8 Å². The molecule has 17 heavy (non-hydrogen) atoms. The van der Waals surface area contributed by atoms with Crippen LogP contribution in [0.1, 0.15) is 29.6 Å². The molecule has 2 heteroatoms. The summed E-state index contributed by atoms with van der Waals surface area (Å²) in [5.74, 6) is 0.415. The molecule has 0 saturated heterocycles. The zero-order valence-electron chi connectivity index (χ0n) is 10.0. The molecule has 2 nitrogen and oxygen atoms in total. The van der Waals surface area contributed by atoms with Crippen LogP contribution < -0.4 is 5.73 Å². The molecular weight excluding hydrogens is 210 g/mol. The van der Waals surface area contributed by atoms with E-state index in [9.17, 15) is 0 Å². The molecule has 0 aliphatic heterocycles. The van der Waals surface area contributed by atoms with Gasteiger partial charge >= 0.3 is 0 Å². The Kier molecular flexibility index (Phi) is 2.61. The first-order chi connectivity index (χ1) is 8.35. The normalized spacial score (nSPS) is 22.9. The molecule has 2 unspecified atom stereocenters. The lowest BCUT2D eigenvalue weighted by molar-refractivity contribution is 0.0882. The van der Waals surface area contributed by atoms with Crippen LogP contribution in [-0.2, 0) is 4.74 Å². The number of rotatable bonds is 2. The highest BCUT2D eigenvalue weighted by Gasteiger charge is 2.27. The van der Waals surface area contributed by atoms with Crippen molar-refractivity contribution in [1.82, 2.24) is 0 Å². The van der Waals surface area contributed by atoms with Gasteiger partial charge in [0.25, 0.3) is 0 Å². The van der Waals surface area contributed by atoms with Gasteiger partial charge in [-0.3, -0.25) is 0 Å². The van der Waals surface area contributed by atoms with Gasteiger partial charge in [-0.25, -0.2) is 0 Å². The van der Waals surface area contributed by atoms with E-state index in [0.29, 0.717) is 12.5 Å². The summed E-state index contributed by atoms with van der Waals surface area (Å²) in [6, 6.07) is 12.9. The fourth-order valence-electron chi connectivity index (χ4n) is 2.97. The van der Waals surface area contributed by atoms with Gasteiger partial charge in [0.05, 0.1) is 6.10 Å². The second-order valence-corrected chi connectivity index (χ2v) is 4.69. The number of hydrogen-bond donors (Lipinski definition) is 1. The third-order valence-corrected chi connectivity index (χ3v) is 3.82. The van der Waals surface area contributed by atoms with Crippen molar-refractivity contribution in [3.8, 4) is 0 Å². The van der Waals surface area contributed by atoms with Crippen LogP contribution in [0.4, 0.5) is 0 Å². The highest BCUT2D eigenvalue weighted by Crippen LogP contribution is 2.42. The Morgan fingerprint density at radius 1 is 1.18 bits per heavy atom. The number of ether oxygens (including phenoxy) is 1. The third-order valence-electron chi connectivity index (χ3n) is 3.82. The van der Waals surface area contributed by atoms with E-state index in [1.807, 2.05) is 0 Å². The summed E-state index contributed by atoms with van der Waals surface area (Å²) in [4.78, 5) is 0. The van der Waals surface area contributed by atoms with Crippen LogP contribution in [0.2, 0.25) is 0 Å². The van der Waals surface area contributed by atoms with Gasteiger partial charge in [-0.15, -0.1) is 0 Å². The topological polar surface area (TPSA) is 35.2 Å². The van der Waals surface area contributed by atoms with Gasteiger partial charge in [-0.1, -0.05) is 36.4 Å². The molecule has 0 radical (unpaired) electrons. The molecule has 0 amide bonds. The maximum Gasteiger partial charge on any atom is 0.0833 e. The van der Waals surface area contributed by atoms with E-state index in [1.54, 1.807) is 7.11 Å². The molecule has 1 aliphatic carbocycles. The van der Waals surface area contributed by atoms with E-state index in [2.05, 4.69) is 36.4 Å².